The topological polar surface area (TPSA) is 102 Å². The third kappa shape index (κ3) is 6.79. The molecule has 0 saturated carbocycles. The standard InChI is InChI=1S/C18H28N3O5P/c1-5-7-13-27(25,14-8-6-2)20(18(22)26-19-15(3)4)16-9-11-17(12-10-16)21(23)24/h9-12H,5-8,13-14H2,1-4H3. The summed E-state index contributed by atoms with van der Waals surface area (Å²) in [5, 5.41) is 14.6. The summed E-state index contributed by atoms with van der Waals surface area (Å²) in [4.78, 5) is 28.1. The number of non-ortho nitro benzene ring substituents is 1. The normalized spacial score (nSPS) is 11.0. The highest BCUT2D eigenvalue weighted by Crippen LogP contribution is 2.54. The maximum Gasteiger partial charge on any atom is 0.446 e. The maximum absolute atomic E-state index is 13.8. The zero-order valence-corrected chi connectivity index (χ0v) is 17.3. The summed E-state index contributed by atoms with van der Waals surface area (Å²) in [6, 6.07) is 5.42. The average molecular weight is 397 g/mol. The van der Waals surface area contributed by atoms with Gasteiger partial charge in [0.15, 0.2) is 7.29 Å². The lowest BCUT2D eigenvalue weighted by Crippen LogP contribution is -2.30. The Kier molecular flexibility index (Phi) is 9.15. The molecule has 1 aromatic rings. The molecule has 0 aliphatic heterocycles. The molecule has 0 N–H and O–H groups in total. The van der Waals surface area contributed by atoms with Gasteiger partial charge in [0.2, 0.25) is 0 Å². The van der Waals surface area contributed by atoms with E-state index in [1.54, 1.807) is 13.8 Å². The van der Waals surface area contributed by atoms with Crippen molar-refractivity contribution in [3.05, 3.63) is 34.4 Å². The van der Waals surface area contributed by atoms with Gasteiger partial charge < -0.3 is 0 Å². The third-order valence-electron chi connectivity index (χ3n) is 3.87. The fourth-order valence-electron chi connectivity index (χ4n) is 2.47. The van der Waals surface area contributed by atoms with Gasteiger partial charge in [-0.15, -0.1) is 0 Å². The van der Waals surface area contributed by atoms with Crippen molar-refractivity contribution in [3.8, 4) is 0 Å². The number of nitro benzene ring substituents is 1. The summed E-state index contributed by atoms with van der Waals surface area (Å²) >= 11 is 0. The first kappa shape index (κ1) is 22.8. The van der Waals surface area contributed by atoms with Gasteiger partial charge >= 0.3 is 6.09 Å². The summed E-state index contributed by atoms with van der Waals surface area (Å²) in [5.74, 6) is 0. The summed E-state index contributed by atoms with van der Waals surface area (Å²) < 4.78 is 14.9. The van der Waals surface area contributed by atoms with Crippen LogP contribution >= 0.6 is 7.29 Å². The second kappa shape index (κ2) is 10.8. The van der Waals surface area contributed by atoms with Gasteiger partial charge in [0.1, 0.15) is 0 Å². The van der Waals surface area contributed by atoms with Crippen molar-refractivity contribution in [1.29, 1.82) is 0 Å². The van der Waals surface area contributed by atoms with E-state index in [1.807, 2.05) is 13.8 Å². The molecule has 0 unspecified atom stereocenters. The number of amides is 1. The second-order valence-corrected chi connectivity index (χ2v) is 9.47. The van der Waals surface area contributed by atoms with E-state index >= 15 is 0 Å². The molecule has 0 aliphatic carbocycles. The Hall–Kier alpha value is -2.21. The van der Waals surface area contributed by atoms with Crippen LogP contribution in [0.4, 0.5) is 16.2 Å². The fraction of sp³-hybridized carbons (Fsp3) is 0.556. The number of nitro groups is 1. The van der Waals surface area contributed by atoms with Crippen LogP contribution in [-0.4, -0.2) is 29.1 Å². The van der Waals surface area contributed by atoms with Gasteiger partial charge in [-0.2, -0.15) is 0 Å². The fourth-order valence-corrected chi connectivity index (χ4v) is 5.60. The van der Waals surface area contributed by atoms with Crippen LogP contribution in [-0.2, 0) is 9.40 Å². The minimum absolute atomic E-state index is 0.105. The van der Waals surface area contributed by atoms with Gasteiger partial charge in [-0.3, -0.25) is 19.5 Å². The molecule has 27 heavy (non-hydrogen) atoms. The number of hydrogen-bond acceptors (Lipinski definition) is 6. The molecule has 0 radical (unpaired) electrons. The van der Waals surface area contributed by atoms with Crippen LogP contribution < -0.4 is 4.67 Å². The van der Waals surface area contributed by atoms with E-state index in [9.17, 15) is 19.5 Å². The smallest absolute Gasteiger partial charge is 0.300 e. The Morgan fingerprint density at radius 3 is 2.07 bits per heavy atom. The maximum atomic E-state index is 13.8. The van der Waals surface area contributed by atoms with Crippen molar-refractivity contribution >= 4 is 30.5 Å². The van der Waals surface area contributed by atoms with Crippen LogP contribution in [0.25, 0.3) is 0 Å². The Bertz CT molecular complexity index is 702. The molecule has 1 aromatic carbocycles. The van der Waals surface area contributed by atoms with Gasteiger partial charge in [-0.25, -0.2) is 9.46 Å². The first-order chi connectivity index (χ1) is 12.7. The summed E-state index contributed by atoms with van der Waals surface area (Å²) in [6.45, 7) is 7.33. The van der Waals surface area contributed by atoms with Crippen LogP contribution in [0.15, 0.2) is 29.4 Å². The van der Waals surface area contributed by atoms with Crippen molar-refractivity contribution < 1.29 is 19.1 Å². The van der Waals surface area contributed by atoms with Gasteiger partial charge in [-0.1, -0.05) is 31.8 Å². The average Bonchev–Trinajstić information content (AvgIpc) is 2.63. The lowest BCUT2D eigenvalue weighted by molar-refractivity contribution is -0.384. The Labute approximate surface area is 160 Å². The molecule has 1 amide bonds. The van der Waals surface area contributed by atoms with E-state index in [1.165, 1.54) is 24.3 Å². The number of nitrogens with zero attached hydrogens (tertiary/aromatic N) is 3. The molecule has 1 rings (SSSR count). The minimum Gasteiger partial charge on any atom is -0.300 e. The monoisotopic (exact) mass is 397 g/mol. The van der Waals surface area contributed by atoms with Crippen LogP contribution in [0.3, 0.4) is 0 Å². The van der Waals surface area contributed by atoms with E-state index in [4.69, 9.17) is 4.84 Å². The molecular formula is C18H28N3O5P. The molecule has 150 valence electrons. The molecule has 0 atom stereocenters. The highest BCUT2D eigenvalue weighted by atomic mass is 31.2. The Morgan fingerprint density at radius 2 is 1.67 bits per heavy atom. The summed E-state index contributed by atoms with van der Waals surface area (Å²) in [5.41, 5.74) is 0.750. The number of hydrogen-bond donors (Lipinski definition) is 0. The molecule has 0 fully saturated rings. The number of carbonyl (C=O) groups is 1. The second-order valence-electron chi connectivity index (χ2n) is 6.48. The van der Waals surface area contributed by atoms with Crippen LogP contribution in [0.5, 0.6) is 0 Å². The molecule has 0 saturated heterocycles. The first-order valence-electron chi connectivity index (χ1n) is 9.10. The third-order valence-corrected chi connectivity index (χ3v) is 7.02. The van der Waals surface area contributed by atoms with Crippen molar-refractivity contribution in [2.75, 3.05) is 17.0 Å². The molecule has 0 aliphatic rings. The van der Waals surface area contributed by atoms with Crippen LogP contribution in [0.1, 0.15) is 53.4 Å². The Morgan fingerprint density at radius 1 is 1.15 bits per heavy atom. The molecule has 0 heterocycles. The number of benzene rings is 1. The number of oxime groups is 1. The van der Waals surface area contributed by atoms with Gasteiger partial charge in [0, 0.05) is 24.5 Å². The molecule has 0 spiro atoms. The number of anilines is 1. The molecular weight excluding hydrogens is 369 g/mol. The van der Waals surface area contributed by atoms with E-state index < -0.39 is 18.3 Å². The zero-order chi connectivity index (χ0) is 20.4. The highest BCUT2D eigenvalue weighted by molar-refractivity contribution is 7.66. The minimum atomic E-state index is -3.12. The molecule has 0 aromatic heterocycles. The first-order valence-corrected chi connectivity index (χ1v) is 11.1. The lowest BCUT2D eigenvalue weighted by Gasteiger charge is -2.30. The van der Waals surface area contributed by atoms with Gasteiger partial charge in [-0.05, 0) is 38.8 Å². The predicted molar refractivity (Wildman–Crippen MR) is 108 cm³/mol. The largest absolute Gasteiger partial charge is 0.446 e. The van der Waals surface area contributed by atoms with Crippen LogP contribution in [0.2, 0.25) is 0 Å². The van der Waals surface area contributed by atoms with Crippen molar-refractivity contribution in [2.24, 2.45) is 5.16 Å². The number of unbranched alkanes of at least 4 members (excludes halogenated alkanes) is 2. The zero-order valence-electron chi connectivity index (χ0n) is 16.4. The van der Waals surface area contributed by atoms with E-state index in [2.05, 4.69) is 5.16 Å². The molecule has 0 bridgehead atoms. The predicted octanol–water partition coefficient (Wildman–Crippen LogP) is 5.81. The van der Waals surface area contributed by atoms with E-state index in [0.717, 1.165) is 17.5 Å². The molecule has 9 heteroatoms. The van der Waals surface area contributed by atoms with Crippen molar-refractivity contribution in [1.82, 2.24) is 0 Å². The van der Waals surface area contributed by atoms with Crippen molar-refractivity contribution in [2.45, 2.75) is 53.4 Å². The van der Waals surface area contributed by atoms with Crippen LogP contribution in [0, 0.1) is 10.1 Å². The number of carbonyl (C=O) groups excluding carboxylic acids is 1. The van der Waals surface area contributed by atoms with Gasteiger partial charge in [0.05, 0.1) is 16.3 Å². The highest BCUT2D eigenvalue weighted by Gasteiger charge is 2.36. The Balaban J connectivity index is 3.36. The summed E-state index contributed by atoms with van der Waals surface area (Å²) in [7, 11) is -3.12. The van der Waals surface area contributed by atoms with E-state index in [-0.39, 0.29) is 5.69 Å². The number of rotatable bonds is 10. The lowest BCUT2D eigenvalue weighted by atomic mass is 10.3. The van der Waals surface area contributed by atoms with Gasteiger partial charge in [0.25, 0.3) is 5.69 Å². The van der Waals surface area contributed by atoms with E-state index in [0.29, 0.717) is 36.6 Å². The van der Waals surface area contributed by atoms with Crippen molar-refractivity contribution in [3.63, 3.8) is 0 Å². The quantitative estimate of drug-likeness (QED) is 0.163. The summed E-state index contributed by atoms with van der Waals surface area (Å²) in [6.07, 6.45) is 2.98. The SMILES string of the molecule is CCCCP(=O)(CCCC)N(C(=O)ON=C(C)C)c1ccc([N+](=O)[O-])cc1. The molecule has 8 nitrogen and oxygen atoms in total.